The smallest absolute Gasteiger partial charge is 0.0893 e. The molecule has 82 valence electrons. The van der Waals surface area contributed by atoms with E-state index >= 15 is 0 Å². The van der Waals surface area contributed by atoms with Gasteiger partial charge in [0.25, 0.3) is 0 Å². The van der Waals surface area contributed by atoms with Crippen molar-refractivity contribution in [1.82, 2.24) is 0 Å². The zero-order chi connectivity index (χ0) is 10.7. The van der Waals surface area contributed by atoms with Crippen molar-refractivity contribution in [3.8, 4) is 12.3 Å². The monoisotopic (exact) mass is 204 g/mol. The summed E-state index contributed by atoms with van der Waals surface area (Å²) in [6.07, 6.45) is 16.2. The SMILES string of the molecule is C#CC[C@H]1CCCC[C@]1(O)C1=CCCC1. The van der Waals surface area contributed by atoms with E-state index in [9.17, 15) is 5.11 Å². The van der Waals surface area contributed by atoms with E-state index in [1.807, 2.05) is 0 Å². The predicted molar refractivity (Wildman–Crippen MR) is 62.3 cm³/mol. The Bertz CT molecular complexity index is 297. The molecule has 0 amide bonds. The average molecular weight is 204 g/mol. The van der Waals surface area contributed by atoms with Gasteiger partial charge in [-0.2, -0.15) is 0 Å². The van der Waals surface area contributed by atoms with Crippen molar-refractivity contribution >= 4 is 0 Å². The van der Waals surface area contributed by atoms with E-state index in [0.29, 0.717) is 5.92 Å². The second-order valence-corrected chi connectivity index (χ2v) is 4.90. The van der Waals surface area contributed by atoms with E-state index in [1.165, 1.54) is 18.4 Å². The molecule has 1 N–H and O–H groups in total. The molecular weight excluding hydrogens is 184 g/mol. The summed E-state index contributed by atoms with van der Waals surface area (Å²) in [5.74, 6) is 3.03. The molecule has 0 heterocycles. The van der Waals surface area contributed by atoms with Gasteiger partial charge in [-0.05, 0) is 37.7 Å². The number of aliphatic hydroxyl groups is 1. The second-order valence-electron chi connectivity index (χ2n) is 4.90. The first-order valence-corrected chi connectivity index (χ1v) is 6.13. The number of hydrogen-bond acceptors (Lipinski definition) is 1. The Morgan fingerprint density at radius 2 is 2.33 bits per heavy atom. The highest BCUT2D eigenvalue weighted by Gasteiger charge is 2.41. The number of hydrogen-bond donors (Lipinski definition) is 1. The van der Waals surface area contributed by atoms with Crippen LogP contribution in [0.3, 0.4) is 0 Å². The second kappa shape index (κ2) is 4.41. The lowest BCUT2D eigenvalue weighted by Gasteiger charge is -2.40. The van der Waals surface area contributed by atoms with Crippen LogP contribution in [0.15, 0.2) is 11.6 Å². The van der Waals surface area contributed by atoms with Crippen LogP contribution in [0.25, 0.3) is 0 Å². The summed E-state index contributed by atoms with van der Waals surface area (Å²) in [6.45, 7) is 0. The minimum Gasteiger partial charge on any atom is -0.385 e. The summed E-state index contributed by atoms with van der Waals surface area (Å²) in [7, 11) is 0. The van der Waals surface area contributed by atoms with Crippen molar-refractivity contribution in [1.29, 1.82) is 0 Å². The van der Waals surface area contributed by atoms with Crippen LogP contribution in [-0.2, 0) is 0 Å². The maximum Gasteiger partial charge on any atom is 0.0893 e. The van der Waals surface area contributed by atoms with Crippen molar-refractivity contribution in [2.45, 2.75) is 57.0 Å². The molecule has 2 aliphatic carbocycles. The predicted octanol–water partition coefficient (Wildman–Crippen LogP) is 3.04. The number of terminal acetylenes is 1. The number of allylic oxidation sites excluding steroid dienone is 1. The van der Waals surface area contributed by atoms with Crippen LogP contribution in [0.4, 0.5) is 0 Å². The minimum absolute atomic E-state index is 0.306. The van der Waals surface area contributed by atoms with Gasteiger partial charge in [0.15, 0.2) is 0 Å². The largest absolute Gasteiger partial charge is 0.385 e. The molecule has 1 nitrogen and oxygen atoms in total. The van der Waals surface area contributed by atoms with Gasteiger partial charge in [-0.3, -0.25) is 0 Å². The van der Waals surface area contributed by atoms with Gasteiger partial charge in [-0.25, -0.2) is 0 Å². The first-order valence-electron chi connectivity index (χ1n) is 6.13. The molecule has 0 saturated heterocycles. The van der Waals surface area contributed by atoms with Gasteiger partial charge in [-0.15, -0.1) is 12.3 Å². The molecule has 0 aromatic heterocycles. The van der Waals surface area contributed by atoms with Crippen LogP contribution in [0.5, 0.6) is 0 Å². The molecule has 1 fully saturated rings. The third kappa shape index (κ3) is 1.96. The first kappa shape index (κ1) is 10.8. The minimum atomic E-state index is -0.554. The topological polar surface area (TPSA) is 20.2 Å². The lowest BCUT2D eigenvalue weighted by Crippen LogP contribution is -2.42. The molecule has 0 aromatic rings. The van der Waals surface area contributed by atoms with Gasteiger partial charge in [0.1, 0.15) is 0 Å². The third-order valence-corrected chi connectivity index (χ3v) is 4.00. The van der Waals surface area contributed by atoms with Crippen molar-refractivity contribution in [2.24, 2.45) is 5.92 Å². The Morgan fingerprint density at radius 3 is 3.00 bits per heavy atom. The fraction of sp³-hybridized carbons (Fsp3) is 0.714. The molecule has 0 unspecified atom stereocenters. The molecule has 2 atom stereocenters. The zero-order valence-corrected chi connectivity index (χ0v) is 9.34. The summed E-state index contributed by atoms with van der Waals surface area (Å²) in [5.41, 5.74) is 0.726. The van der Waals surface area contributed by atoms with Crippen LogP contribution in [-0.4, -0.2) is 10.7 Å². The van der Waals surface area contributed by atoms with Gasteiger partial charge in [0, 0.05) is 12.3 Å². The number of rotatable bonds is 2. The fourth-order valence-electron chi connectivity index (χ4n) is 3.13. The average Bonchev–Trinajstić information content (AvgIpc) is 2.75. The Hall–Kier alpha value is -0.740. The summed E-state index contributed by atoms with van der Waals surface area (Å²) in [4.78, 5) is 0. The fourth-order valence-corrected chi connectivity index (χ4v) is 3.13. The van der Waals surface area contributed by atoms with Crippen LogP contribution < -0.4 is 0 Å². The zero-order valence-electron chi connectivity index (χ0n) is 9.34. The molecule has 1 saturated carbocycles. The van der Waals surface area contributed by atoms with Gasteiger partial charge in [0.05, 0.1) is 5.60 Å². The van der Waals surface area contributed by atoms with Crippen LogP contribution >= 0.6 is 0 Å². The van der Waals surface area contributed by atoms with Gasteiger partial charge in [0.2, 0.25) is 0 Å². The molecule has 2 aliphatic rings. The van der Waals surface area contributed by atoms with E-state index in [1.54, 1.807) is 0 Å². The van der Waals surface area contributed by atoms with Crippen LogP contribution in [0.1, 0.15) is 51.4 Å². The molecule has 0 radical (unpaired) electrons. The van der Waals surface area contributed by atoms with E-state index < -0.39 is 5.60 Å². The van der Waals surface area contributed by atoms with E-state index in [4.69, 9.17) is 6.42 Å². The Kier molecular flexibility index (Phi) is 3.17. The lowest BCUT2D eigenvalue weighted by molar-refractivity contribution is -0.0150. The van der Waals surface area contributed by atoms with Crippen molar-refractivity contribution in [2.75, 3.05) is 0 Å². The van der Waals surface area contributed by atoms with E-state index in [2.05, 4.69) is 12.0 Å². The summed E-state index contributed by atoms with van der Waals surface area (Å²) < 4.78 is 0. The highest BCUT2D eigenvalue weighted by atomic mass is 16.3. The van der Waals surface area contributed by atoms with Crippen LogP contribution in [0, 0.1) is 18.3 Å². The van der Waals surface area contributed by atoms with E-state index in [0.717, 1.165) is 38.5 Å². The quantitative estimate of drug-likeness (QED) is 0.541. The Labute approximate surface area is 92.6 Å². The lowest BCUT2D eigenvalue weighted by atomic mass is 9.70. The standard InChI is InChI=1S/C14H20O/c1-2-7-12-10-5-6-11-14(12,15)13-8-3-4-9-13/h1,8,12,15H,3-7,9-11H2/t12-,14+/m0/s1. The van der Waals surface area contributed by atoms with Crippen molar-refractivity contribution < 1.29 is 5.11 Å². The first-order chi connectivity index (χ1) is 7.27. The molecule has 0 aromatic carbocycles. The maximum absolute atomic E-state index is 10.8. The van der Waals surface area contributed by atoms with Gasteiger partial charge >= 0.3 is 0 Å². The Balaban J connectivity index is 2.17. The molecule has 0 aliphatic heterocycles. The molecule has 1 heteroatoms. The molecule has 0 spiro atoms. The van der Waals surface area contributed by atoms with Gasteiger partial charge in [-0.1, -0.05) is 18.9 Å². The van der Waals surface area contributed by atoms with Crippen LogP contribution in [0.2, 0.25) is 0 Å². The molecule has 0 bridgehead atoms. The molecule has 2 rings (SSSR count). The Morgan fingerprint density at radius 1 is 1.47 bits per heavy atom. The molecular formula is C14H20O. The third-order valence-electron chi connectivity index (χ3n) is 4.00. The highest BCUT2D eigenvalue weighted by molar-refractivity contribution is 5.23. The van der Waals surface area contributed by atoms with Gasteiger partial charge < -0.3 is 5.11 Å². The summed E-state index contributed by atoms with van der Waals surface area (Å²) in [6, 6.07) is 0. The summed E-state index contributed by atoms with van der Waals surface area (Å²) in [5, 5.41) is 10.8. The van der Waals surface area contributed by atoms with Crippen molar-refractivity contribution in [3.05, 3.63) is 11.6 Å². The van der Waals surface area contributed by atoms with Crippen molar-refractivity contribution in [3.63, 3.8) is 0 Å². The molecule has 15 heavy (non-hydrogen) atoms. The maximum atomic E-state index is 10.8. The van der Waals surface area contributed by atoms with E-state index in [-0.39, 0.29) is 0 Å². The summed E-state index contributed by atoms with van der Waals surface area (Å²) >= 11 is 0. The highest BCUT2D eigenvalue weighted by Crippen LogP contribution is 2.44. The normalized spacial score (nSPS) is 36.0.